The number of carbonyl (C=O) groups is 1. The van der Waals surface area contributed by atoms with Crippen LogP contribution in [0.3, 0.4) is 0 Å². The summed E-state index contributed by atoms with van der Waals surface area (Å²) in [5.74, 6) is -0.172. The molecule has 2 aromatic rings. The first-order valence-corrected chi connectivity index (χ1v) is 7.86. The summed E-state index contributed by atoms with van der Waals surface area (Å²) in [5.41, 5.74) is 3.43. The van der Waals surface area contributed by atoms with E-state index in [1.807, 2.05) is 26.8 Å². The maximum atomic E-state index is 13.6. The van der Waals surface area contributed by atoms with Crippen molar-refractivity contribution in [3.05, 3.63) is 53.1 Å². The van der Waals surface area contributed by atoms with Crippen molar-refractivity contribution in [1.82, 2.24) is 9.88 Å². The van der Waals surface area contributed by atoms with Crippen LogP contribution >= 0.6 is 0 Å². The minimum atomic E-state index is -0.391. The lowest BCUT2D eigenvalue weighted by atomic mass is 10.1. The standard InChI is InChI=1S/C18H20FN3O2/c1-11-8-12(2)20-13(3)17(11)21-18(23)22-9-14(10-22)24-16-7-5-4-6-15(16)19/h4-8,14H,9-10H2,1-3H3,(H,21,23). The van der Waals surface area contributed by atoms with Gasteiger partial charge in [-0.2, -0.15) is 0 Å². The number of anilines is 1. The zero-order valence-corrected chi connectivity index (χ0v) is 14.0. The second-order valence-corrected chi connectivity index (χ2v) is 6.05. The van der Waals surface area contributed by atoms with E-state index in [-0.39, 0.29) is 17.9 Å². The Balaban J connectivity index is 1.57. The molecule has 1 saturated heterocycles. The van der Waals surface area contributed by atoms with Crippen molar-refractivity contribution >= 4 is 11.7 Å². The summed E-state index contributed by atoms with van der Waals surface area (Å²) in [5, 5.41) is 2.90. The van der Waals surface area contributed by atoms with E-state index in [9.17, 15) is 9.18 Å². The van der Waals surface area contributed by atoms with Crippen LogP contribution in [0.4, 0.5) is 14.9 Å². The van der Waals surface area contributed by atoms with Crippen molar-refractivity contribution in [2.24, 2.45) is 0 Å². The molecular weight excluding hydrogens is 309 g/mol. The van der Waals surface area contributed by atoms with Crippen LogP contribution in [0.2, 0.25) is 0 Å². The highest BCUT2D eigenvalue weighted by Crippen LogP contribution is 2.23. The highest BCUT2D eigenvalue weighted by molar-refractivity contribution is 5.91. The molecule has 2 amide bonds. The smallest absolute Gasteiger partial charge is 0.322 e. The number of carbonyl (C=O) groups excluding carboxylic acids is 1. The van der Waals surface area contributed by atoms with Crippen molar-refractivity contribution in [2.75, 3.05) is 18.4 Å². The highest BCUT2D eigenvalue weighted by Gasteiger charge is 2.33. The van der Waals surface area contributed by atoms with Gasteiger partial charge in [-0.05, 0) is 44.5 Å². The lowest BCUT2D eigenvalue weighted by molar-refractivity contribution is 0.0466. The Labute approximate surface area is 140 Å². The lowest BCUT2D eigenvalue weighted by Crippen LogP contribution is -2.57. The summed E-state index contributed by atoms with van der Waals surface area (Å²) < 4.78 is 19.1. The Morgan fingerprint density at radius 3 is 2.67 bits per heavy atom. The number of hydrogen-bond donors (Lipinski definition) is 1. The van der Waals surface area contributed by atoms with Crippen LogP contribution in [0.5, 0.6) is 5.75 Å². The third kappa shape index (κ3) is 3.32. The number of nitrogens with one attached hydrogen (secondary N) is 1. The third-order valence-electron chi connectivity index (χ3n) is 4.02. The minimum Gasteiger partial charge on any atom is -0.484 e. The molecule has 2 heterocycles. The zero-order chi connectivity index (χ0) is 17.3. The summed E-state index contributed by atoms with van der Waals surface area (Å²) in [4.78, 5) is 18.3. The first kappa shape index (κ1) is 16.2. The van der Waals surface area contributed by atoms with Crippen molar-refractivity contribution in [2.45, 2.75) is 26.9 Å². The molecule has 1 aromatic carbocycles. The fourth-order valence-electron chi connectivity index (χ4n) is 2.80. The average molecular weight is 329 g/mol. The van der Waals surface area contributed by atoms with Crippen molar-refractivity contribution in [1.29, 1.82) is 0 Å². The predicted octanol–water partition coefficient (Wildman–Crippen LogP) is 3.44. The number of pyridine rings is 1. The average Bonchev–Trinajstić information content (AvgIpc) is 2.47. The van der Waals surface area contributed by atoms with E-state index in [1.165, 1.54) is 6.07 Å². The number of rotatable bonds is 3. The molecule has 0 radical (unpaired) electrons. The Morgan fingerprint density at radius 1 is 1.29 bits per heavy atom. The summed E-state index contributed by atoms with van der Waals surface area (Å²) in [6, 6.07) is 8.01. The van der Waals surface area contributed by atoms with Crippen LogP contribution < -0.4 is 10.1 Å². The second kappa shape index (κ2) is 6.47. The first-order valence-electron chi connectivity index (χ1n) is 7.86. The van der Waals surface area contributed by atoms with Crippen molar-refractivity contribution in [3.8, 4) is 5.75 Å². The summed E-state index contributed by atoms with van der Waals surface area (Å²) in [7, 11) is 0. The van der Waals surface area contributed by atoms with Crippen LogP contribution in [0, 0.1) is 26.6 Å². The predicted molar refractivity (Wildman–Crippen MR) is 89.9 cm³/mol. The molecule has 0 aliphatic carbocycles. The van der Waals surface area contributed by atoms with E-state index in [4.69, 9.17) is 4.74 Å². The largest absolute Gasteiger partial charge is 0.484 e. The number of aromatic nitrogens is 1. The van der Waals surface area contributed by atoms with Crippen LogP contribution in [0.15, 0.2) is 30.3 Å². The topological polar surface area (TPSA) is 54.5 Å². The Hall–Kier alpha value is -2.63. The van der Waals surface area contributed by atoms with Gasteiger partial charge in [-0.3, -0.25) is 4.98 Å². The number of amides is 2. The van der Waals surface area contributed by atoms with E-state index in [1.54, 1.807) is 23.1 Å². The summed E-state index contributed by atoms with van der Waals surface area (Å²) in [6.45, 7) is 6.59. The highest BCUT2D eigenvalue weighted by atomic mass is 19.1. The molecule has 1 fully saturated rings. The summed E-state index contributed by atoms with van der Waals surface area (Å²) in [6.07, 6.45) is -0.189. The molecule has 0 spiro atoms. The van der Waals surface area contributed by atoms with Crippen LogP contribution in [-0.4, -0.2) is 35.1 Å². The molecule has 1 aliphatic heterocycles. The Morgan fingerprint density at radius 2 is 2.00 bits per heavy atom. The molecule has 5 nitrogen and oxygen atoms in total. The Kier molecular flexibility index (Phi) is 4.38. The van der Waals surface area contributed by atoms with Gasteiger partial charge >= 0.3 is 6.03 Å². The maximum Gasteiger partial charge on any atom is 0.322 e. The normalized spacial score (nSPS) is 14.2. The number of likely N-dealkylation sites (tertiary alicyclic amines) is 1. The number of ether oxygens (including phenoxy) is 1. The molecule has 1 aromatic heterocycles. The van der Waals surface area contributed by atoms with E-state index < -0.39 is 5.82 Å². The number of urea groups is 1. The van der Waals surface area contributed by atoms with Gasteiger partial charge in [0.1, 0.15) is 6.10 Å². The fraction of sp³-hybridized carbons (Fsp3) is 0.333. The molecule has 126 valence electrons. The van der Waals surface area contributed by atoms with E-state index >= 15 is 0 Å². The number of para-hydroxylation sites is 1. The van der Waals surface area contributed by atoms with Crippen LogP contribution in [0.1, 0.15) is 17.0 Å². The Bertz CT molecular complexity index is 750. The maximum absolute atomic E-state index is 13.6. The molecule has 0 atom stereocenters. The van der Waals surface area contributed by atoms with Gasteiger partial charge < -0.3 is 15.0 Å². The number of nitrogens with zero attached hydrogens (tertiary/aromatic N) is 2. The number of benzene rings is 1. The van der Waals surface area contributed by atoms with Gasteiger partial charge in [0.15, 0.2) is 11.6 Å². The van der Waals surface area contributed by atoms with Gasteiger partial charge in [0.2, 0.25) is 0 Å². The lowest BCUT2D eigenvalue weighted by Gasteiger charge is -2.38. The molecule has 0 unspecified atom stereocenters. The second-order valence-electron chi connectivity index (χ2n) is 6.05. The van der Waals surface area contributed by atoms with E-state index in [0.717, 1.165) is 22.6 Å². The van der Waals surface area contributed by atoms with Gasteiger partial charge in [-0.15, -0.1) is 0 Å². The molecule has 24 heavy (non-hydrogen) atoms. The van der Waals surface area contributed by atoms with Gasteiger partial charge in [0.05, 0.1) is 24.5 Å². The molecule has 0 bridgehead atoms. The third-order valence-corrected chi connectivity index (χ3v) is 4.02. The molecule has 0 saturated carbocycles. The molecule has 3 rings (SSSR count). The van der Waals surface area contributed by atoms with Crippen molar-refractivity contribution < 1.29 is 13.9 Å². The summed E-state index contributed by atoms with van der Waals surface area (Å²) >= 11 is 0. The monoisotopic (exact) mass is 329 g/mol. The van der Waals surface area contributed by atoms with Crippen molar-refractivity contribution in [3.63, 3.8) is 0 Å². The SMILES string of the molecule is Cc1cc(C)c(NC(=O)N2CC(Oc3ccccc3F)C2)c(C)n1. The fourth-order valence-corrected chi connectivity index (χ4v) is 2.80. The molecule has 1 aliphatic rings. The molecule has 1 N–H and O–H groups in total. The van der Waals surface area contributed by atoms with Gasteiger partial charge in [0.25, 0.3) is 0 Å². The minimum absolute atomic E-state index is 0.189. The van der Waals surface area contributed by atoms with Gasteiger partial charge in [0, 0.05) is 5.69 Å². The van der Waals surface area contributed by atoms with E-state index in [2.05, 4.69) is 10.3 Å². The van der Waals surface area contributed by atoms with Crippen LogP contribution in [0.25, 0.3) is 0 Å². The number of aryl methyl sites for hydroxylation is 3. The zero-order valence-electron chi connectivity index (χ0n) is 14.0. The van der Waals surface area contributed by atoms with Gasteiger partial charge in [-0.1, -0.05) is 12.1 Å². The molecular formula is C18H20FN3O2. The number of hydrogen-bond acceptors (Lipinski definition) is 3. The van der Waals surface area contributed by atoms with E-state index in [0.29, 0.717) is 13.1 Å². The first-order chi connectivity index (χ1) is 11.4. The molecule has 6 heteroatoms. The quantitative estimate of drug-likeness (QED) is 0.938. The number of halogens is 1. The van der Waals surface area contributed by atoms with Gasteiger partial charge in [-0.25, -0.2) is 9.18 Å². The van der Waals surface area contributed by atoms with Crippen LogP contribution in [-0.2, 0) is 0 Å².